The highest BCUT2D eigenvalue weighted by molar-refractivity contribution is 9.12. The van der Waals surface area contributed by atoms with E-state index in [4.69, 9.17) is 0 Å². The van der Waals surface area contributed by atoms with Crippen LogP contribution in [0.3, 0.4) is 0 Å². The second-order valence-electron chi connectivity index (χ2n) is 2.45. The number of nitrogens with zero attached hydrogens (tertiary/aromatic N) is 2. The van der Waals surface area contributed by atoms with Gasteiger partial charge in [0.05, 0.1) is 0 Å². The predicted octanol–water partition coefficient (Wildman–Crippen LogP) is 1.26. The minimum absolute atomic E-state index is 0.200. The first-order valence-corrected chi connectivity index (χ1v) is 4.26. The van der Waals surface area contributed by atoms with E-state index in [1.165, 1.54) is 6.21 Å². The topological polar surface area (TPSA) is 41.8 Å². The highest BCUT2D eigenvalue weighted by atomic mass is 79.9. The largest absolute Gasteiger partial charge is 0.275 e. The van der Waals surface area contributed by atoms with Crippen molar-refractivity contribution in [1.82, 2.24) is 0 Å². The van der Waals surface area contributed by atoms with Crippen LogP contribution in [0.5, 0.6) is 0 Å². The van der Waals surface area contributed by atoms with Gasteiger partial charge in [-0.25, -0.2) is 4.99 Å². The molecule has 1 atom stereocenters. The Morgan fingerprint density at radius 1 is 1.33 bits per heavy atom. The summed E-state index contributed by atoms with van der Waals surface area (Å²) in [6, 6.07) is -0.422. The summed E-state index contributed by atoms with van der Waals surface area (Å²) in [6.07, 6.45) is 6.73. The number of allylic oxidation sites excluding steroid dienone is 2. The van der Waals surface area contributed by atoms with Gasteiger partial charge in [0.15, 0.2) is 6.04 Å². The van der Waals surface area contributed by atoms with E-state index < -0.39 is 6.04 Å². The number of hydrogen-bond donors (Lipinski definition) is 0. The molecule has 0 aromatic carbocycles. The molecule has 0 aliphatic carbocycles. The quantitative estimate of drug-likeness (QED) is 0.611. The van der Waals surface area contributed by atoms with Crippen LogP contribution in [0.4, 0.5) is 0 Å². The molecule has 0 saturated heterocycles. The SMILES string of the molecule is O=C1N=CC=C2C(Br)=CC=NC12. The van der Waals surface area contributed by atoms with E-state index in [1.54, 1.807) is 12.3 Å². The average Bonchev–Trinajstić information content (AvgIpc) is 2.07. The van der Waals surface area contributed by atoms with Gasteiger partial charge in [0.2, 0.25) is 0 Å². The molecule has 2 heterocycles. The smallest absolute Gasteiger partial charge is 0.275 e. The molecular weight excluding hydrogens is 220 g/mol. The van der Waals surface area contributed by atoms with Gasteiger partial charge in [-0.2, -0.15) is 0 Å². The molecule has 2 rings (SSSR count). The molecule has 1 amide bonds. The van der Waals surface area contributed by atoms with Crippen molar-refractivity contribution in [3.63, 3.8) is 0 Å². The molecule has 0 aromatic heterocycles. The average molecular weight is 225 g/mol. The Labute approximate surface area is 77.7 Å². The van der Waals surface area contributed by atoms with Gasteiger partial charge >= 0.3 is 0 Å². The Balaban J connectivity index is 2.47. The maximum absolute atomic E-state index is 11.2. The molecule has 0 aromatic rings. The minimum Gasteiger partial charge on any atom is -0.275 e. The number of carbonyl (C=O) groups excluding carboxylic acids is 1. The van der Waals surface area contributed by atoms with Crippen molar-refractivity contribution in [3.05, 3.63) is 22.2 Å². The lowest BCUT2D eigenvalue weighted by Crippen LogP contribution is -2.24. The minimum atomic E-state index is -0.422. The van der Waals surface area contributed by atoms with E-state index in [2.05, 4.69) is 25.9 Å². The summed E-state index contributed by atoms with van der Waals surface area (Å²) in [5.41, 5.74) is 0.887. The normalized spacial score (nSPS) is 26.4. The molecule has 1 unspecified atom stereocenters. The van der Waals surface area contributed by atoms with E-state index in [0.717, 1.165) is 10.1 Å². The Morgan fingerprint density at radius 3 is 2.92 bits per heavy atom. The number of carbonyl (C=O) groups is 1. The maximum atomic E-state index is 11.2. The summed E-state index contributed by atoms with van der Waals surface area (Å²) in [5.74, 6) is -0.200. The second-order valence-corrected chi connectivity index (χ2v) is 3.31. The fraction of sp³-hybridized carbons (Fsp3) is 0.125. The Kier molecular flexibility index (Phi) is 1.77. The molecule has 60 valence electrons. The number of amides is 1. The molecule has 0 fully saturated rings. The van der Waals surface area contributed by atoms with Gasteiger partial charge in [-0.15, -0.1) is 0 Å². The zero-order chi connectivity index (χ0) is 8.55. The summed E-state index contributed by atoms with van der Waals surface area (Å²) in [6.45, 7) is 0. The van der Waals surface area contributed by atoms with Crippen molar-refractivity contribution >= 4 is 34.3 Å². The maximum Gasteiger partial charge on any atom is 0.275 e. The number of dihydropyridines is 2. The zero-order valence-electron chi connectivity index (χ0n) is 6.07. The summed E-state index contributed by atoms with van der Waals surface area (Å²) >= 11 is 3.35. The highest BCUT2D eigenvalue weighted by Gasteiger charge is 2.26. The molecule has 4 heteroatoms. The lowest BCUT2D eigenvalue weighted by Gasteiger charge is -2.17. The number of fused-ring (bicyclic) bond motifs is 1. The van der Waals surface area contributed by atoms with Crippen LogP contribution in [0.15, 0.2) is 32.2 Å². The lowest BCUT2D eigenvalue weighted by molar-refractivity contribution is -0.118. The summed E-state index contributed by atoms with van der Waals surface area (Å²) < 4.78 is 0.905. The number of hydrogen-bond acceptors (Lipinski definition) is 2. The molecule has 3 nitrogen and oxygen atoms in total. The van der Waals surface area contributed by atoms with Crippen LogP contribution in [-0.4, -0.2) is 24.4 Å². The van der Waals surface area contributed by atoms with Crippen LogP contribution < -0.4 is 0 Å². The Morgan fingerprint density at radius 2 is 2.17 bits per heavy atom. The highest BCUT2D eigenvalue weighted by Crippen LogP contribution is 2.26. The Bertz CT molecular complexity index is 352. The Hall–Kier alpha value is -1.03. The summed E-state index contributed by atoms with van der Waals surface area (Å²) in [5, 5.41) is 0. The number of halogens is 1. The van der Waals surface area contributed by atoms with Gasteiger partial charge in [0.1, 0.15) is 0 Å². The number of rotatable bonds is 0. The van der Waals surface area contributed by atoms with Gasteiger partial charge in [0, 0.05) is 22.5 Å². The van der Waals surface area contributed by atoms with Crippen molar-refractivity contribution in [1.29, 1.82) is 0 Å². The van der Waals surface area contributed by atoms with E-state index >= 15 is 0 Å². The zero-order valence-corrected chi connectivity index (χ0v) is 7.65. The fourth-order valence-corrected chi connectivity index (χ4v) is 1.60. The summed E-state index contributed by atoms with van der Waals surface area (Å²) in [4.78, 5) is 18.8. The fourth-order valence-electron chi connectivity index (χ4n) is 1.13. The molecule has 0 N–H and O–H groups in total. The van der Waals surface area contributed by atoms with Crippen LogP contribution in [-0.2, 0) is 4.79 Å². The molecule has 12 heavy (non-hydrogen) atoms. The van der Waals surface area contributed by atoms with Crippen LogP contribution in [0.2, 0.25) is 0 Å². The monoisotopic (exact) mass is 224 g/mol. The van der Waals surface area contributed by atoms with Crippen molar-refractivity contribution in [2.75, 3.05) is 0 Å². The van der Waals surface area contributed by atoms with Crippen molar-refractivity contribution in [3.8, 4) is 0 Å². The van der Waals surface area contributed by atoms with Crippen molar-refractivity contribution in [2.24, 2.45) is 9.98 Å². The second kappa shape index (κ2) is 2.79. The third-order valence-electron chi connectivity index (χ3n) is 1.72. The van der Waals surface area contributed by atoms with E-state index in [1.807, 2.05) is 6.08 Å². The van der Waals surface area contributed by atoms with Gasteiger partial charge in [-0.1, -0.05) is 15.9 Å². The van der Waals surface area contributed by atoms with E-state index in [-0.39, 0.29) is 5.91 Å². The van der Waals surface area contributed by atoms with Crippen LogP contribution in [0.1, 0.15) is 0 Å². The summed E-state index contributed by atoms with van der Waals surface area (Å²) in [7, 11) is 0. The van der Waals surface area contributed by atoms with Crippen LogP contribution in [0.25, 0.3) is 0 Å². The van der Waals surface area contributed by atoms with Gasteiger partial charge in [-0.05, 0) is 12.2 Å². The molecule has 0 spiro atoms. The standard InChI is InChI=1S/C8H5BrN2O/c9-6-2-4-10-7-5(6)1-3-11-8(7)12/h1-4,7H. The van der Waals surface area contributed by atoms with Gasteiger partial charge in [0.25, 0.3) is 5.91 Å². The van der Waals surface area contributed by atoms with Crippen LogP contribution in [0, 0.1) is 0 Å². The van der Waals surface area contributed by atoms with E-state index in [0.29, 0.717) is 0 Å². The third kappa shape index (κ3) is 1.08. The third-order valence-corrected chi connectivity index (χ3v) is 2.44. The first kappa shape index (κ1) is 7.61. The first-order valence-electron chi connectivity index (χ1n) is 3.46. The van der Waals surface area contributed by atoms with Crippen molar-refractivity contribution < 1.29 is 4.79 Å². The predicted molar refractivity (Wildman–Crippen MR) is 50.9 cm³/mol. The van der Waals surface area contributed by atoms with Crippen molar-refractivity contribution in [2.45, 2.75) is 6.04 Å². The first-order chi connectivity index (χ1) is 5.79. The molecule has 0 bridgehead atoms. The molecule has 2 aliphatic heterocycles. The van der Waals surface area contributed by atoms with Gasteiger partial charge in [-0.3, -0.25) is 9.79 Å². The number of aliphatic imine (C=N–C) groups is 2. The molecule has 2 aliphatic rings. The van der Waals surface area contributed by atoms with Crippen LogP contribution >= 0.6 is 15.9 Å². The van der Waals surface area contributed by atoms with E-state index in [9.17, 15) is 4.79 Å². The molecule has 0 saturated carbocycles. The van der Waals surface area contributed by atoms with Gasteiger partial charge < -0.3 is 0 Å². The molecule has 0 radical (unpaired) electrons. The molecular formula is C8H5BrN2O. The lowest BCUT2D eigenvalue weighted by atomic mass is 10.0.